The molecule has 2 rings (SSSR count). The van der Waals surface area contributed by atoms with Crippen LogP contribution in [-0.2, 0) is 13.0 Å². The first-order valence-electron chi connectivity index (χ1n) is 8.69. The average Bonchev–Trinajstić information content (AvgIpc) is 3.07. The molecule has 0 unspecified atom stereocenters. The Morgan fingerprint density at radius 2 is 2.00 bits per heavy atom. The Labute approximate surface area is 168 Å². The fourth-order valence-electron chi connectivity index (χ4n) is 2.41. The maximum atomic E-state index is 4.31. The monoisotopic (exact) mass is 438 g/mol. The van der Waals surface area contributed by atoms with E-state index in [2.05, 4.69) is 91.4 Å². The number of aliphatic imine (C=N–C) groups is 1. The summed E-state index contributed by atoms with van der Waals surface area (Å²) in [5, 5.41) is 14.8. The number of nitrogens with zero attached hydrogens (tertiary/aromatic N) is 4. The van der Waals surface area contributed by atoms with Crippen molar-refractivity contribution < 1.29 is 0 Å². The zero-order valence-electron chi connectivity index (χ0n) is 15.8. The van der Waals surface area contributed by atoms with Crippen molar-refractivity contribution in [3.8, 4) is 0 Å². The Morgan fingerprint density at radius 1 is 1.27 bits per heavy atom. The highest BCUT2D eigenvalue weighted by Gasteiger charge is 2.20. The minimum atomic E-state index is 0.0368. The van der Waals surface area contributed by atoms with E-state index < -0.39 is 0 Å². The summed E-state index contributed by atoms with van der Waals surface area (Å²) in [4.78, 5) is 5.56. The van der Waals surface area contributed by atoms with Gasteiger partial charge < -0.3 is 15.2 Å². The van der Waals surface area contributed by atoms with Gasteiger partial charge in [-0.2, -0.15) is 0 Å². The van der Waals surface area contributed by atoms with E-state index >= 15 is 0 Å². The van der Waals surface area contributed by atoms with Crippen molar-refractivity contribution in [2.45, 2.75) is 43.4 Å². The lowest BCUT2D eigenvalue weighted by atomic mass is 10.2. The van der Waals surface area contributed by atoms with Gasteiger partial charge in [0.25, 0.3) is 0 Å². The molecule has 0 saturated heterocycles. The lowest BCUT2D eigenvalue weighted by molar-refractivity contribution is 0.621. The van der Waals surface area contributed by atoms with Crippen molar-refractivity contribution in [2.75, 3.05) is 20.1 Å². The van der Waals surface area contributed by atoms with Crippen LogP contribution in [0.2, 0.25) is 0 Å². The maximum absolute atomic E-state index is 4.31. The second-order valence-corrected chi connectivity index (χ2v) is 9.16. The summed E-state index contributed by atoms with van der Waals surface area (Å²) in [5.41, 5.74) is 0. The molecule has 0 atom stereocenters. The third-order valence-electron chi connectivity index (χ3n) is 3.77. The second-order valence-electron chi connectivity index (χ2n) is 6.46. The van der Waals surface area contributed by atoms with Crippen molar-refractivity contribution in [1.29, 1.82) is 0 Å². The molecule has 0 spiro atoms. The number of hydrogen-bond donors (Lipinski definition) is 2. The molecule has 142 valence electrons. The highest BCUT2D eigenvalue weighted by Crippen LogP contribution is 2.32. The van der Waals surface area contributed by atoms with Gasteiger partial charge in [0.15, 0.2) is 5.96 Å². The van der Waals surface area contributed by atoms with Crippen molar-refractivity contribution in [2.24, 2.45) is 4.99 Å². The van der Waals surface area contributed by atoms with Crippen molar-refractivity contribution >= 4 is 33.7 Å². The second kappa shape index (κ2) is 9.97. The standard InChI is InChI=1S/C18H27BrN6S/c1-5-16-24-23-13-25(16)11-10-21-17(20-4)22-12-18(2,3)26-15-8-6-14(19)7-9-15/h6-9,13H,5,10-12H2,1-4H3,(H2,20,21,22). The predicted octanol–water partition coefficient (Wildman–Crippen LogP) is 3.34. The molecule has 8 heteroatoms. The van der Waals surface area contributed by atoms with Crippen LogP contribution in [0.3, 0.4) is 0 Å². The number of guanidine groups is 1. The lowest BCUT2D eigenvalue weighted by Gasteiger charge is -2.25. The van der Waals surface area contributed by atoms with Gasteiger partial charge in [-0.3, -0.25) is 4.99 Å². The molecule has 2 N–H and O–H groups in total. The first-order valence-corrected chi connectivity index (χ1v) is 10.3. The van der Waals surface area contributed by atoms with Crippen LogP contribution in [-0.4, -0.2) is 45.6 Å². The molecule has 0 saturated carbocycles. The summed E-state index contributed by atoms with van der Waals surface area (Å²) in [6, 6.07) is 8.41. The Kier molecular flexibility index (Phi) is 7.96. The summed E-state index contributed by atoms with van der Waals surface area (Å²) >= 11 is 5.32. The van der Waals surface area contributed by atoms with E-state index in [4.69, 9.17) is 0 Å². The van der Waals surface area contributed by atoms with Crippen LogP contribution in [0.1, 0.15) is 26.6 Å². The number of rotatable bonds is 8. The SMILES string of the molecule is CCc1nncn1CCNC(=NC)NCC(C)(C)Sc1ccc(Br)cc1. The molecule has 0 aliphatic carbocycles. The predicted molar refractivity (Wildman–Crippen MR) is 113 cm³/mol. The van der Waals surface area contributed by atoms with Gasteiger partial charge in [-0.25, -0.2) is 0 Å². The van der Waals surface area contributed by atoms with Crippen LogP contribution in [0.5, 0.6) is 0 Å². The first-order chi connectivity index (χ1) is 12.4. The van der Waals surface area contributed by atoms with E-state index in [1.165, 1.54) is 4.90 Å². The molecule has 0 bridgehead atoms. The largest absolute Gasteiger partial charge is 0.355 e. The van der Waals surface area contributed by atoms with E-state index in [0.717, 1.165) is 42.3 Å². The molecule has 6 nitrogen and oxygen atoms in total. The van der Waals surface area contributed by atoms with E-state index in [1.54, 1.807) is 13.4 Å². The molecule has 0 radical (unpaired) electrons. The van der Waals surface area contributed by atoms with Gasteiger partial charge in [-0.15, -0.1) is 22.0 Å². The summed E-state index contributed by atoms with van der Waals surface area (Å²) in [5.74, 6) is 1.81. The number of aromatic nitrogens is 3. The molecule has 26 heavy (non-hydrogen) atoms. The average molecular weight is 439 g/mol. The summed E-state index contributed by atoms with van der Waals surface area (Å²) < 4.78 is 3.20. The van der Waals surface area contributed by atoms with Gasteiger partial charge in [0.2, 0.25) is 0 Å². The third-order valence-corrected chi connectivity index (χ3v) is 5.50. The van der Waals surface area contributed by atoms with Crippen LogP contribution < -0.4 is 10.6 Å². The summed E-state index contributed by atoms with van der Waals surface area (Å²) in [6.07, 6.45) is 2.66. The first kappa shape index (κ1) is 20.8. The molecule has 2 aromatic rings. The van der Waals surface area contributed by atoms with Crippen molar-refractivity contribution in [3.63, 3.8) is 0 Å². The zero-order chi connectivity index (χ0) is 19.0. The zero-order valence-corrected chi connectivity index (χ0v) is 18.2. The van der Waals surface area contributed by atoms with E-state index in [-0.39, 0.29) is 4.75 Å². The normalized spacial score (nSPS) is 12.3. The smallest absolute Gasteiger partial charge is 0.191 e. The van der Waals surface area contributed by atoms with E-state index in [9.17, 15) is 0 Å². The molecule has 1 aromatic heterocycles. The Hall–Kier alpha value is -1.54. The van der Waals surface area contributed by atoms with Crippen LogP contribution in [0.15, 0.2) is 45.0 Å². The van der Waals surface area contributed by atoms with Crippen LogP contribution in [0.4, 0.5) is 0 Å². The quantitative estimate of drug-likeness (QED) is 0.375. The molecule has 0 fully saturated rings. The van der Waals surface area contributed by atoms with Crippen LogP contribution in [0, 0.1) is 0 Å². The molecule has 0 aliphatic heterocycles. The van der Waals surface area contributed by atoms with Gasteiger partial charge in [-0.1, -0.05) is 22.9 Å². The summed E-state index contributed by atoms with van der Waals surface area (Å²) in [7, 11) is 1.79. The topological polar surface area (TPSA) is 67.1 Å². The number of halogens is 1. The van der Waals surface area contributed by atoms with Gasteiger partial charge >= 0.3 is 0 Å². The number of nitrogens with one attached hydrogen (secondary N) is 2. The number of hydrogen-bond acceptors (Lipinski definition) is 4. The Morgan fingerprint density at radius 3 is 2.65 bits per heavy atom. The van der Waals surface area contributed by atoms with Crippen LogP contribution >= 0.6 is 27.7 Å². The highest BCUT2D eigenvalue weighted by atomic mass is 79.9. The molecule has 0 amide bonds. The number of benzene rings is 1. The molecule has 1 heterocycles. The minimum absolute atomic E-state index is 0.0368. The van der Waals surface area contributed by atoms with Gasteiger partial charge in [0.05, 0.1) is 0 Å². The number of thioether (sulfide) groups is 1. The fraction of sp³-hybridized carbons (Fsp3) is 0.500. The maximum Gasteiger partial charge on any atom is 0.191 e. The van der Waals surface area contributed by atoms with Crippen molar-refractivity contribution in [1.82, 2.24) is 25.4 Å². The van der Waals surface area contributed by atoms with Crippen molar-refractivity contribution in [3.05, 3.63) is 40.9 Å². The molecular weight excluding hydrogens is 412 g/mol. The van der Waals surface area contributed by atoms with Crippen LogP contribution in [0.25, 0.3) is 0 Å². The molecular formula is C18H27BrN6S. The molecule has 0 aliphatic rings. The molecule has 1 aromatic carbocycles. The van der Waals surface area contributed by atoms with Gasteiger partial charge in [0.1, 0.15) is 12.2 Å². The highest BCUT2D eigenvalue weighted by molar-refractivity contribution is 9.10. The van der Waals surface area contributed by atoms with Gasteiger partial charge in [-0.05, 0) is 38.1 Å². The number of aryl methyl sites for hydroxylation is 1. The lowest BCUT2D eigenvalue weighted by Crippen LogP contribution is -2.44. The van der Waals surface area contributed by atoms with Gasteiger partial charge in [0, 0.05) is 47.2 Å². The minimum Gasteiger partial charge on any atom is -0.355 e. The summed E-state index contributed by atoms with van der Waals surface area (Å²) in [6.45, 7) is 8.92. The Balaban J connectivity index is 1.79. The Bertz CT molecular complexity index is 711. The third kappa shape index (κ3) is 6.64. The fourth-order valence-corrected chi connectivity index (χ4v) is 3.73. The van der Waals surface area contributed by atoms with E-state index in [0.29, 0.717) is 0 Å². The van der Waals surface area contributed by atoms with E-state index in [1.807, 2.05) is 11.8 Å².